The van der Waals surface area contributed by atoms with E-state index in [2.05, 4.69) is 5.32 Å². The van der Waals surface area contributed by atoms with Crippen molar-refractivity contribution < 1.29 is 19.4 Å². The number of carbonyl (C=O) groups excluding carboxylic acids is 1. The van der Waals surface area contributed by atoms with Crippen molar-refractivity contribution in [3.8, 4) is 11.5 Å². The van der Waals surface area contributed by atoms with E-state index < -0.39 is 0 Å². The zero-order chi connectivity index (χ0) is 14.2. The second-order valence-electron chi connectivity index (χ2n) is 4.75. The summed E-state index contributed by atoms with van der Waals surface area (Å²) in [6.45, 7) is 1.96. The maximum Gasteiger partial charge on any atom is 0.251 e. The van der Waals surface area contributed by atoms with Crippen LogP contribution in [0.2, 0.25) is 0 Å². The van der Waals surface area contributed by atoms with Gasteiger partial charge in [0.2, 0.25) is 0 Å². The van der Waals surface area contributed by atoms with E-state index in [-0.39, 0.29) is 12.5 Å². The largest absolute Gasteiger partial charge is 0.486 e. The molecule has 0 radical (unpaired) electrons. The van der Waals surface area contributed by atoms with Crippen molar-refractivity contribution in [3.05, 3.63) is 23.8 Å². The highest BCUT2D eigenvalue weighted by Gasteiger charge is 2.14. The van der Waals surface area contributed by atoms with Gasteiger partial charge in [0.15, 0.2) is 11.5 Å². The Bertz CT molecular complexity index is 447. The molecule has 0 bridgehead atoms. The summed E-state index contributed by atoms with van der Waals surface area (Å²) in [4.78, 5) is 12.0. The molecule has 1 aliphatic rings. The molecule has 20 heavy (non-hydrogen) atoms. The summed E-state index contributed by atoms with van der Waals surface area (Å²) in [5.74, 6) is 1.23. The fourth-order valence-corrected chi connectivity index (χ4v) is 2.08. The number of unbranched alkanes of at least 4 members (excludes halogenated alkanes) is 3. The van der Waals surface area contributed by atoms with E-state index in [1.165, 1.54) is 0 Å². The average molecular weight is 279 g/mol. The molecule has 0 aliphatic carbocycles. The number of nitrogens with one attached hydrogen (secondary N) is 1. The van der Waals surface area contributed by atoms with E-state index in [9.17, 15) is 4.79 Å². The highest BCUT2D eigenvalue weighted by atomic mass is 16.6. The first-order chi connectivity index (χ1) is 9.81. The fraction of sp³-hybridized carbons (Fsp3) is 0.533. The van der Waals surface area contributed by atoms with Crippen molar-refractivity contribution in [1.82, 2.24) is 5.32 Å². The van der Waals surface area contributed by atoms with Crippen molar-refractivity contribution in [2.45, 2.75) is 25.7 Å². The van der Waals surface area contributed by atoms with Gasteiger partial charge in [0.05, 0.1) is 0 Å². The summed E-state index contributed by atoms with van der Waals surface area (Å²) in [7, 11) is 0. The van der Waals surface area contributed by atoms with Crippen LogP contribution in [0.4, 0.5) is 0 Å². The van der Waals surface area contributed by atoms with Gasteiger partial charge in [-0.2, -0.15) is 0 Å². The maximum absolute atomic E-state index is 12.0. The summed E-state index contributed by atoms with van der Waals surface area (Å²) in [6, 6.07) is 5.23. The number of fused-ring (bicyclic) bond motifs is 1. The van der Waals surface area contributed by atoms with Crippen LogP contribution in [0.5, 0.6) is 11.5 Å². The normalized spacial score (nSPS) is 13.1. The van der Waals surface area contributed by atoms with Gasteiger partial charge < -0.3 is 19.9 Å². The standard InChI is InChI=1S/C15H21NO4/c17-8-4-2-1-3-7-16-15(18)12-5-6-13-14(11-12)20-10-9-19-13/h5-6,11,17H,1-4,7-10H2,(H,16,18). The van der Waals surface area contributed by atoms with Gasteiger partial charge in [0, 0.05) is 18.7 Å². The van der Waals surface area contributed by atoms with Crippen LogP contribution in [0.1, 0.15) is 36.0 Å². The van der Waals surface area contributed by atoms with E-state index in [1.54, 1.807) is 18.2 Å². The number of rotatable bonds is 7. The summed E-state index contributed by atoms with van der Waals surface area (Å²) >= 11 is 0. The average Bonchev–Trinajstić information content (AvgIpc) is 2.50. The molecule has 1 aromatic rings. The van der Waals surface area contributed by atoms with Gasteiger partial charge in [-0.3, -0.25) is 4.79 Å². The first-order valence-electron chi connectivity index (χ1n) is 7.10. The number of aliphatic hydroxyl groups excluding tert-OH is 1. The minimum atomic E-state index is -0.0934. The highest BCUT2D eigenvalue weighted by molar-refractivity contribution is 5.94. The third-order valence-corrected chi connectivity index (χ3v) is 3.17. The Morgan fingerprint density at radius 2 is 1.85 bits per heavy atom. The number of benzene rings is 1. The van der Waals surface area contributed by atoms with Gasteiger partial charge in [-0.05, 0) is 31.0 Å². The van der Waals surface area contributed by atoms with E-state index in [0.717, 1.165) is 25.7 Å². The predicted molar refractivity (Wildman–Crippen MR) is 75.3 cm³/mol. The van der Waals surface area contributed by atoms with Crippen molar-refractivity contribution in [2.24, 2.45) is 0 Å². The van der Waals surface area contributed by atoms with E-state index in [1.807, 2.05) is 0 Å². The molecule has 1 aliphatic heterocycles. The second kappa shape index (κ2) is 7.75. The zero-order valence-electron chi connectivity index (χ0n) is 11.6. The Kier molecular flexibility index (Phi) is 5.68. The van der Waals surface area contributed by atoms with Gasteiger partial charge in [0.25, 0.3) is 5.91 Å². The van der Waals surface area contributed by atoms with Gasteiger partial charge in [0.1, 0.15) is 13.2 Å². The molecule has 0 unspecified atom stereocenters. The van der Waals surface area contributed by atoms with Gasteiger partial charge >= 0.3 is 0 Å². The topological polar surface area (TPSA) is 67.8 Å². The van der Waals surface area contributed by atoms with Crippen LogP contribution in [0.3, 0.4) is 0 Å². The number of hydrogen-bond acceptors (Lipinski definition) is 4. The molecule has 0 fully saturated rings. The SMILES string of the molecule is O=C(NCCCCCCO)c1ccc2c(c1)OCCO2. The molecule has 110 valence electrons. The quantitative estimate of drug-likeness (QED) is 0.746. The van der Waals surface area contributed by atoms with E-state index >= 15 is 0 Å². The van der Waals surface area contributed by atoms with Crippen LogP contribution in [0, 0.1) is 0 Å². The molecule has 0 atom stereocenters. The van der Waals surface area contributed by atoms with Crippen LogP contribution in [-0.4, -0.2) is 37.4 Å². The van der Waals surface area contributed by atoms with Crippen molar-refractivity contribution in [1.29, 1.82) is 0 Å². The Hall–Kier alpha value is -1.75. The molecule has 0 saturated heterocycles. The van der Waals surface area contributed by atoms with Crippen LogP contribution < -0.4 is 14.8 Å². The van der Waals surface area contributed by atoms with Crippen LogP contribution >= 0.6 is 0 Å². The first kappa shape index (κ1) is 14.7. The molecular weight excluding hydrogens is 258 g/mol. The lowest BCUT2D eigenvalue weighted by molar-refractivity contribution is 0.0951. The predicted octanol–water partition coefficient (Wildman–Crippen LogP) is 1.74. The lowest BCUT2D eigenvalue weighted by Crippen LogP contribution is -2.25. The lowest BCUT2D eigenvalue weighted by atomic mass is 10.1. The maximum atomic E-state index is 12.0. The van der Waals surface area contributed by atoms with Crippen molar-refractivity contribution in [3.63, 3.8) is 0 Å². The number of hydrogen-bond donors (Lipinski definition) is 2. The summed E-state index contributed by atoms with van der Waals surface area (Å²) in [5, 5.41) is 11.5. The minimum absolute atomic E-state index is 0.0934. The Morgan fingerprint density at radius 3 is 2.65 bits per heavy atom. The Labute approximate surface area is 118 Å². The highest BCUT2D eigenvalue weighted by Crippen LogP contribution is 2.30. The molecule has 0 saturated carbocycles. The van der Waals surface area contributed by atoms with Crippen LogP contribution in [0.15, 0.2) is 18.2 Å². The number of aliphatic hydroxyl groups is 1. The zero-order valence-corrected chi connectivity index (χ0v) is 11.6. The van der Waals surface area contributed by atoms with Crippen LogP contribution in [0.25, 0.3) is 0 Å². The monoisotopic (exact) mass is 279 g/mol. The molecule has 0 spiro atoms. The van der Waals surface area contributed by atoms with E-state index in [4.69, 9.17) is 14.6 Å². The second-order valence-corrected chi connectivity index (χ2v) is 4.75. The van der Waals surface area contributed by atoms with Crippen LogP contribution in [-0.2, 0) is 0 Å². The lowest BCUT2D eigenvalue weighted by Gasteiger charge is -2.18. The van der Waals surface area contributed by atoms with Crippen molar-refractivity contribution >= 4 is 5.91 Å². The summed E-state index contributed by atoms with van der Waals surface area (Å²) < 4.78 is 10.9. The molecule has 1 heterocycles. The number of carbonyl (C=O) groups is 1. The molecule has 5 heteroatoms. The Morgan fingerprint density at radius 1 is 1.10 bits per heavy atom. The smallest absolute Gasteiger partial charge is 0.251 e. The number of amides is 1. The fourth-order valence-electron chi connectivity index (χ4n) is 2.08. The van der Waals surface area contributed by atoms with Gasteiger partial charge in [-0.1, -0.05) is 12.8 Å². The minimum Gasteiger partial charge on any atom is -0.486 e. The molecule has 1 aromatic carbocycles. The molecule has 1 amide bonds. The summed E-state index contributed by atoms with van der Waals surface area (Å²) in [6.07, 6.45) is 3.77. The first-order valence-corrected chi connectivity index (χ1v) is 7.10. The van der Waals surface area contributed by atoms with Gasteiger partial charge in [-0.15, -0.1) is 0 Å². The van der Waals surface area contributed by atoms with Crippen molar-refractivity contribution in [2.75, 3.05) is 26.4 Å². The van der Waals surface area contributed by atoms with E-state index in [0.29, 0.717) is 36.8 Å². The number of ether oxygens (including phenoxy) is 2. The third kappa shape index (κ3) is 4.13. The third-order valence-electron chi connectivity index (χ3n) is 3.17. The molecule has 5 nitrogen and oxygen atoms in total. The molecule has 0 aromatic heterocycles. The molecule has 2 N–H and O–H groups in total. The molecule has 2 rings (SSSR count). The van der Waals surface area contributed by atoms with Gasteiger partial charge in [-0.25, -0.2) is 0 Å². The Balaban J connectivity index is 1.77. The summed E-state index contributed by atoms with van der Waals surface area (Å²) in [5.41, 5.74) is 0.588. The molecular formula is C15H21NO4.